The molecule has 1 aromatic carbocycles. The Morgan fingerprint density at radius 1 is 1.09 bits per heavy atom. The smallest absolute Gasteiger partial charge is 0.252 e. The lowest BCUT2D eigenvalue weighted by atomic mass is 10.2. The molecule has 0 aliphatic carbocycles. The molecule has 2 rings (SSSR count). The number of amides is 2. The van der Waals surface area contributed by atoms with E-state index in [1.807, 2.05) is 5.38 Å². The number of carbonyl (C=O) groups excluding carboxylic acids is 2. The molecule has 0 saturated carbocycles. The van der Waals surface area contributed by atoms with Crippen LogP contribution in [0.3, 0.4) is 0 Å². The lowest BCUT2D eigenvalue weighted by Crippen LogP contribution is -2.27. The summed E-state index contributed by atoms with van der Waals surface area (Å²) in [5.41, 5.74) is 1.49. The van der Waals surface area contributed by atoms with E-state index in [4.69, 9.17) is 0 Å². The molecule has 2 N–H and O–H groups in total. The Bertz CT molecular complexity index is 612. The highest BCUT2D eigenvalue weighted by atomic mass is 32.1. The second kappa shape index (κ2) is 8.29. The number of carbonyl (C=O) groups is 2. The van der Waals surface area contributed by atoms with Crippen LogP contribution in [0.15, 0.2) is 41.1 Å². The van der Waals surface area contributed by atoms with Crippen molar-refractivity contribution in [1.29, 1.82) is 0 Å². The van der Waals surface area contributed by atoms with Gasteiger partial charge >= 0.3 is 0 Å². The topological polar surface area (TPSA) is 58.2 Å². The van der Waals surface area contributed by atoms with Crippen LogP contribution in [0.25, 0.3) is 0 Å². The van der Waals surface area contributed by atoms with Crippen LogP contribution in [0.2, 0.25) is 0 Å². The Morgan fingerprint density at radius 2 is 1.86 bits per heavy atom. The van der Waals surface area contributed by atoms with E-state index in [-0.39, 0.29) is 17.6 Å². The summed E-state index contributed by atoms with van der Waals surface area (Å²) in [6.45, 7) is 0.832. The molecule has 0 aliphatic heterocycles. The van der Waals surface area contributed by atoms with E-state index in [9.17, 15) is 14.0 Å². The van der Waals surface area contributed by atoms with Crippen LogP contribution < -0.4 is 10.6 Å². The molecule has 1 aromatic heterocycles. The second-order valence-electron chi connectivity index (χ2n) is 4.77. The SMILES string of the molecule is O=C(CCCNC(=O)c1ccsc1)NCc1ccc(F)cc1. The number of nitrogens with one attached hydrogen (secondary N) is 2. The normalized spacial score (nSPS) is 10.2. The van der Waals surface area contributed by atoms with Crippen molar-refractivity contribution < 1.29 is 14.0 Å². The van der Waals surface area contributed by atoms with Gasteiger partial charge in [-0.15, -0.1) is 0 Å². The van der Waals surface area contributed by atoms with Crippen molar-refractivity contribution in [2.75, 3.05) is 6.54 Å². The second-order valence-corrected chi connectivity index (χ2v) is 5.55. The summed E-state index contributed by atoms with van der Waals surface area (Å²) in [5, 5.41) is 9.16. The predicted octanol–water partition coefficient (Wildman–Crippen LogP) is 2.71. The van der Waals surface area contributed by atoms with Gasteiger partial charge in [0.25, 0.3) is 5.91 Å². The molecular formula is C16H17FN2O2S. The molecule has 0 fully saturated rings. The number of hydrogen-bond acceptors (Lipinski definition) is 3. The standard InChI is InChI=1S/C16H17FN2O2S/c17-14-5-3-12(4-6-14)10-19-15(20)2-1-8-18-16(21)13-7-9-22-11-13/h3-7,9,11H,1-2,8,10H2,(H,18,21)(H,19,20). The monoisotopic (exact) mass is 320 g/mol. The van der Waals surface area contributed by atoms with Crippen LogP contribution in [-0.2, 0) is 11.3 Å². The minimum absolute atomic E-state index is 0.0888. The van der Waals surface area contributed by atoms with E-state index >= 15 is 0 Å². The van der Waals surface area contributed by atoms with E-state index in [0.29, 0.717) is 31.5 Å². The molecule has 0 saturated heterocycles. The van der Waals surface area contributed by atoms with Gasteiger partial charge in [-0.3, -0.25) is 9.59 Å². The largest absolute Gasteiger partial charge is 0.352 e. The van der Waals surface area contributed by atoms with Crippen LogP contribution in [0, 0.1) is 5.82 Å². The lowest BCUT2D eigenvalue weighted by Gasteiger charge is -2.06. The third-order valence-corrected chi connectivity index (χ3v) is 3.74. The number of hydrogen-bond donors (Lipinski definition) is 2. The maximum absolute atomic E-state index is 12.7. The zero-order chi connectivity index (χ0) is 15.8. The van der Waals surface area contributed by atoms with E-state index < -0.39 is 0 Å². The van der Waals surface area contributed by atoms with Crippen LogP contribution in [0.1, 0.15) is 28.8 Å². The van der Waals surface area contributed by atoms with Crippen LogP contribution >= 0.6 is 11.3 Å². The lowest BCUT2D eigenvalue weighted by molar-refractivity contribution is -0.121. The Labute approximate surface area is 132 Å². The van der Waals surface area contributed by atoms with Crippen molar-refractivity contribution in [3.8, 4) is 0 Å². The van der Waals surface area contributed by atoms with Crippen molar-refractivity contribution in [3.05, 3.63) is 58.0 Å². The van der Waals surface area contributed by atoms with E-state index in [2.05, 4.69) is 10.6 Å². The van der Waals surface area contributed by atoms with Gasteiger partial charge in [-0.25, -0.2) is 4.39 Å². The van der Waals surface area contributed by atoms with Crippen molar-refractivity contribution >= 4 is 23.2 Å². The molecule has 0 spiro atoms. The molecule has 4 nitrogen and oxygen atoms in total. The van der Waals surface area contributed by atoms with Crippen molar-refractivity contribution in [2.45, 2.75) is 19.4 Å². The number of rotatable bonds is 7. The first-order valence-corrected chi connectivity index (χ1v) is 7.91. The zero-order valence-electron chi connectivity index (χ0n) is 12.0. The van der Waals surface area contributed by atoms with Crippen LogP contribution in [-0.4, -0.2) is 18.4 Å². The minimum atomic E-state index is -0.295. The molecular weight excluding hydrogens is 303 g/mol. The Balaban J connectivity index is 1.59. The molecule has 0 atom stereocenters. The van der Waals surface area contributed by atoms with E-state index in [0.717, 1.165) is 5.56 Å². The molecule has 6 heteroatoms. The van der Waals surface area contributed by atoms with E-state index in [1.165, 1.54) is 23.5 Å². The van der Waals surface area contributed by atoms with Gasteiger partial charge in [0.05, 0.1) is 0 Å². The maximum atomic E-state index is 12.7. The molecule has 0 aliphatic rings. The third kappa shape index (κ3) is 5.29. The number of benzene rings is 1. The van der Waals surface area contributed by atoms with Crippen molar-refractivity contribution in [2.24, 2.45) is 0 Å². The fourth-order valence-electron chi connectivity index (χ4n) is 1.84. The summed E-state index contributed by atoms with van der Waals surface area (Å²) in [5.74, 6) is -0.501. The van der Waals surface area contributed by atoms with Gasteiger partial charge in [0.1, 0.15) is 5.82 Å². The highest BCUT2D eigenvalue weighted by molar-refractivity contribution is 7.08. The average molecular weight is 320 g/mol. The summed E-state index contributed by atoms with van der Waals surface area (Å²) in [6.07, 6.45) is 0.913. The third-order valence-electron chi connectivity index (χ3n) is 3.05. The first-order valence-electron chi connectivity index (χ1n) is 6.96. The minimum Gasteiger partial charge on any atom is -0.352 e. The molecule has 2 amide bonds. The first kappa shape index (κ1) is 16.2. The Kier molecular flexibility index (Phi) is 6.09. The van der Waals surface area contributed by atoms with Gasteiger partial charge in [0.2, 0.25) is 5.91 Å². The first-order chi connectivity index (χ1) is 10.6. The van der Waals surface area contributed by atoms with Gasteiger partial charge in [-0.05, 0) is 35.6 Å². The van der Waals surface area contributed by atoms with Crippen LogP contribution in [0.5, 0.6) is 0 Å². The number of thiophene rings is 1. The average Bonchev–Trinajstić information content (AvgIpc) is 3.05. The molecule has 2 aromatic rings. The molecule has 22 heavy (non-hydrogen) atoms. The van der Waals surface area contributed by atoms with E-state index in [1.54, 1.807) is 23.6 Å². The molecule has 116 valence electrons. The number of halogens is 1. The summed E-state index contributed by atoms with van der Waals surface area (Å²) < 4.78 is 12.7. The summed E-state index contributed by atoms with van der Waals surface area (Å²) in [7, 11) is 0. The highest BCUT2D eigenvalue weighted by Gasteiger charge is 2.06. The summed E-state index contributed by atoms with van der Waals surface area (Å²) in [6, 6.07) is 7.76. The highest BCUT2D eigenvalue weighted by Crippen LogP contribution is 2.05. The fraction of sp³-hybridized carbons (Fsp3) is 0.250. The van der Waals surface area contributed by atoms with Gasteiger partial charge in [-0.1, -0.05) is 12.1 Å². The quantitative estimate of drug-likeness (QED) is 0.771. The van der Waals surface area contributed by atoms with Gasteiger partial charge in [0, 0.05) is 30.5 Å². The summed E-state index contributed by atoms with van der Waals surface area (Å²) >= 11 is 1.47. The zero-order valence-corrected chi connectivity index (χ0v) is 12.8. The molecule has 0 unspecified atom stereocenters. The molecule has 0 bridgehead atoms. The Hall–Kier alpha value is -2.21. The van der Waals surface area contributed by atoms with Crippen molar-refractivity contribution in [1.82, 2.24) is 10.6 Å². The maximum Gasteiger partial charge on any atom is 0.252 e. The predicted molar refractivity (Wildman–Crippen MR) is 84.1 cm³/mol. The Morgan fingerprint density at radius 3 is 2.55 bits per heavy atom. The van der Waals surface area contributed by atoms with Crippen molar-refractivity contribution in [3.63, 3.8) is 0 Å². The fourth-order valence-corrected chi connectivity index (χ4v) is 2.47. The molecule has 1 heterocycles. The van der Waals surface area contributed by atoms with Gasteiger partial charge < -0.3 is 10.6 Å². The molecule has 0 radical (unpaired) electrons. The van der Waals surface area contributed by atoms with Gasteiger partial charge in [-0.2, -0.15) is 11.3 Å². The van der Waals surface area contributed by atoms with Gasteiger partial charge in [0.15, 0.2) is 0 Å². The summed E-state index contributed by atoms with van der Waals surface area (Å²) in [4.78, 5) is 23.3. The van der Waals surface area contributed by atoms with Crippen LogP contribution in [0.4, 0.5) is 4.39 Å².